The van der Waals surface area contributed by atoms with Gasteiger partial charge in [-0.15, -0.1) is 0 Å². The average molecular weight is 116 g/mol. The van der Waals surface area contributed by atoms with Gasteiger partial charge in [0.1, 0.15) is 0 Å². The standard InChI is InChI=1S/C5H13BO2/c1-2-3-7-4-5-8-6/h2-6H2,1H3. The van der Waals surface area contributed by atoms with E-state index in [1.54, 1.807) is 8.05 Å². The summed E-state index contributed by atoms with van der Waals surface area (Å²) >= 11 is 0. The highest BCUT2D eigenvalue weighted by atomic mass is 16.5. The molecule has 0 spiro atoms. The van der Waals surface area contributed by atoms with Crippen LogP contribution >= 0.6 is 0 Å². The van der Waals surface area contributed by atoms with Gasteiger partial charge in [-0.25, -0.2) is 0 Å². The summed E-state index contributed by atoms with van der Waals surface area (Å²) in [6.45, 7) is 4.38. The van der Waals surface area contributed by atoms with Crippen LogP contribution in [-0.4, -0.2) is 27.9 Å². The van der Waals surface area contributed by atoms with E-state index >= 15 is 0 Å². The fourth-order valence-electron chi connectivity index (χ4n) is 0.389. The lowest BCUT2D eigenvalue weighted by Crippen LogP contribution is -2.02. The first-order valence-corrected chi connectivity index (χ1v) is 2.98. The highest BCUT2D eigenvalue weighted by Gasteiger charge is 1.81. The van der Waals surface area contributed by atoms with Crippen molar-refractivity contribution in [3.05, 3.63) is 0 Å². The Morgan fingerprint density at radius 2 is 2.00 bits per heavy atom. The van der Waals surface area contributed by atoms with Crippen LogP contribution in [0.1, 0.15) is 13.3 Å². The number of rotatable bonds is 5. The van der Waals surface area contributed by atoms with Crippen LogP contribution in [0.5, 0.6) is 0 Å². The van der Waals surface area contributed by atoms with Crippen LogP contribution in [0.2, 0.25) is 0 Å². The number of ether oxygens (including phenoxy) is 1. The van der Waals surface area contributed by atoms with Gasteiger partial charge in [-0.3, -0.25) is 0 Å². The molecule has 0 amide bonds. The van der Waals surface area contributed by atoms with Gasteiger partial charge in [-0.1, -0.05) is 6.92 Å². The van der Waals surface area contributed by atoms with Gasteiger partial charge in [-0.05, 0) is 6.42 Å². The normalized spacial score (nSPS) is 9.62. The molecular formula is C5H13BO2. The first kappa shape index (κ1) is 7.98. The maximum absolute atomic E-state index is 5.10. The molecule has 0 N–H and O–H groups in total. The van der Waals surface area contributed by atoms with E-state index in [-0.39, 0.29) is 0 Å². The zero-order chi connectivity index (χ0) is 6.24. The van der Waals surface area contributed by atoms with Crippen molar-refractivity contribution in [2.45, 2.75) is 13.3 Å². The van der Waals surface area contributed by atoms with Crippen LogP contribution in [0.25, 0.3) is 0 Å². The van der Waals surface area contributed by atoms with Crippen LogP contribution in [0.15, 0.2) is 0 Å². The molecule has 0 aliphatic rings. The van der Waals surface area contributed by atoms with Crippen LogP contribution in [0.4, 0.5) is 0 Å². The third kappa shape index (κ3) is 5.98. The molecule has 0 aliphatic carbocycles. The maximum Gasteiger partial charge on any atom is 0.257 e. The minimum atomic E-state index is 0.708. The van der Waals surface area contributed by atoms with E-state index in [9.17, 15) is 0 Å². The predicted octanol–water partition coefficient (Wildman–Crippen LogP) is -0.0223. The fourth-order valence-corrected chi connectivity index (χ4v) is 0.389. The summed E-state index contributed by atoms with van der Waals surface area (Å²) in [7, 11) is 1.68. The van der Waals surface area contributed by atoms with Gasteiger partial charge in [-0.2, -0.15) is 0 Å². The van der Waals surface area contributed by atoms with E-state index in [4.69, 9.17) is 9.39 Å². The van der Waals surface area contributed by atoms with Crippen molar-refractivity contribution < 1.29 is 9.39 Å². The second kappa shape index (κ2) is 6.98. The molecule has 0 radical (unpaired) electrons. The second-order valence-corrected chi connectivity index (χ2v) is 1.61. The molecule has 0 saturated heterocycles. The molecule has 8 heavy (non-hydrogen) atoms. The lowest BCUT2D eigenvalue weighted by atomic mass is 10.5. The highest BCUT2D eigenvalue weighted by molar-refractivity contribution is 5.97. The topological polar surface area (TPSA) is 18.5 Å². The monoisotopic (exact) mass is 116 g/mol. The summed E-state index contributed by atoms with van der Waals surface area (Å²) < 4.78 is 9.86. The van der Waals surface area contributed by atoms with Crippen molar-refractivity contribution in [2.24, 2.45) is 0 Å². The Morgan fingerprint density at radius 3 is 2.50 bits per heavy atom. The van der Waals surface area contributed by atoms with Gasteiger partial charge in [0.25, 0.3) is 8.05 Å². The predicted molar refractivity (Wildman–Crippen MR) is 35.6 cm³/mol. The van der Waals surface area contributed by atoms with Crippen LogP contribution in [-0.2, 0) is 9.39 Å². The molecule has 0 rings (SSSR count). The molecule has 0 bridgehead atoms. The van der Waals surface area contributed by atoms with Crippen molar-refractivity contribution >= 4 is 8.05 Å². The number of hydrogen-bond acceptors (Lipinski definition) is 2. The van der Waals surface area contributed by atoms with Crippen LogP contribution in [0, 0.1) is 0 Å². The summed E-state index contributed by atoms with van der Waals surface area (Å²) in [4.78, 5) is 0. The molecule has 0 aromatic rings. The summed E-state index contributed by atoms with van der Waals surface area (Å²) in [5.74, 6) is 0. The molecule has 0 heterocycles. The van der Waals surface area contributed by atoms with Gasteiger partial charge in [0, 0.05) is 6.61 Å². The molecule has 0 unspecified atom stereocenters. The van der Waals surface area contributed by atoms with E-state index in [0.717, 1.165) is 19.6 Å². The van der Waals surface area contributed by atoms with Gasteiger partial charge < -0.3 is 9.39 Å². The van der Waals surface area contributed by atoms with Crippen molar-refractivity contribution in [1.29, 1.82) is 0 Å². The Bertz CT molecular complexity index is 35.4. The van der Waals surface area contributed by atoms with Gasteiger partial charge in [0.2, 0.25) is 0 Å². The molecular weight excluding hydrogens is 103 g/mol. The lowest BCUT2D eigenvalue weighted by molar-refractivity contribution is 0.104. The minimum Gasteiger partial charge on any atom is -0.442 e. The van der Waals surface area contributed by atoms with Crippen molar-refractivity contribution in [2.75, 3.05) is 19.8 Å². The molecule has 48 valence electrons. The molecule has 0 aromatic carbocycles. The molecule has 0 saturated carbocycles. The first-order valence-electron chi connectivity index (χ1n) is 2.98. The lowest BCUT2D eigenvalue weighted by Gasteiger charge is -1.98. The van der Waals surface area contributed by atoms with E-state index in [1.807, 2.05) is 0 Å². The molecule has 3 heteroatoms. The van der Waals surface area contributed by atoms with Gasteiger partial charge in [0.15, 0.2) is 0 Å². The first-order chi connectivity index (χ1) is 3.91. The van der Waals surface area contributed by atoms with Crippen molar-refractivity contribution in [3.8, 4) is 0 Å². The summed E-state index contributed by atoms with van der Waals surface area (Å²) in [5, 5.41) is 0. The average Bonchev–Trinajstić information content (AvgIpc) is 1.81. The maximum atomic E-state index is 5.10. The highest BCUT2D eigenvalue weighted by Crippen LogP contribution is 1.78. The summed E-state index contributed by atoms with van der Waals surface area (Å²) in [6.07, 6.45) is 1.09. The molecule has 0 aromatic heterocycles. The third-order valence-corrected chi connectivity index (χ3v) is 0.780. The van der Waals surface area contributed by atoms with Crippen LogP contribution in [0.3, 0.4) is 0 Å². The molecule has 2 nitrogen and oxygen atoms in total. The Kier molecular flexibility index (Phi) is 6.97. The Balaban J connectivity index is 2.53. The van der Waals surface area contributed by atoms with E-state index in [2.05, 4.69) is 6.92 Å². The Hall–Kier alpha value is -0.0151. The smallest absolute Gasteiger partial charge is 0.257 e. The summed E-state index contributed by atoms with van der Waals surface area (Å²) in [5.41, 5.74) is 0. The van der Waals surface area contributed by atoms with E-state index < -0.39 is 0 Å². The molecule has 0 fully saturated rings. The van der Waals surface area contributed by atoms with Gasteiger partial charge in [0.05, 0.1) is 13.2 Å². The van der Waals surface area contributed by atoms with Gasteiger partial charge >= 0.3 is 0 Å². The second-order valence-electron chi connectivity index (χ2n) is 1.61. The van der Waals surface area contributed by atoms with Crippen molar-refractivity contribution in [3.63, 3.8) is 0 Å². The quantitative estimate of drug-likeness (QED) is 0.371. The summed E-state index contributed by atoms with van der Waals surface area (Å²) in [6, 6.07) is 0. The largest absolute Gasteiger partial charge is 0.442 e. The minimum absolute atomic E-state index is 0.708. The van der Waals surface area contributed by atoms with Crippen molar-refractivity contribution in [1.82, 2.24) is 0 Å². The SMILES string of the molecule is BOCCOCCC. The third-order valence-electron chi connectivity index (χ3n) is 0.780. The molecule has 0 aliphatic heterocycles. The van der Waals surface area contributed by atoms with E-state index in [0.29, 0.717) is 6.61 Å². The number of hydrogen-bond donors (Lipinski definition) is 0. The zero-order valence-corrected chi connectivity index (χ0v) is 5.64. The fraction of sp³-hybridized carbons (Fsp3) is 1.00. The van der Waals surface area contributed by atoms with Crippen LogP contribution < -0.4 is 0 Å². The Labute approximate surface area is 51.6 Å². The Morgan fingerprint density at radius 1 is 1.25 bits per heavy atom. The van der Waals surface area contributed by atoms with E-state index in [1.165, 1.54) is 0 Å². The molecule has 0 atom stereocenters. The zero-order valence-electron chi connectivity index (χ0n) is 5.64.